The summed E-state index contributed by atoms with van der Waals surface area (Å²) >= 11 is 0. The van der Waals surface area contributed by atoms with E-state index in [1.165, 1.54) is 25.0 Å². The van der Waals surface area contributed by atoms with Crippen molar-refractivity contribution >= 4 is 11.6 Å². The van der Waals surface area contributed by atoms with E-state index in [9.17, 15) is 13.2 Å². The molecule has 0 aliphatic carbocycles. The summed E-state index contributed by atoms with van der Waals surface area (Å²) in [5.41, 5.74) is 7.46. The van der Waals surface area contributed by atoms with Gasteiger partial charge in [-0.15, -0.1) is 0 Å². The Balaban J connectivity index is 1.50. The largest absolute Gasteiger partial charge is 0.416 e. The molecule has 0 amide bonds. The number of likely N-dealkylation sites (tertiary alicyclic amines) is 2. The van der Waals surface area contributed by atoms with E-state index in [1.807, 2.05) is 18.5 Å². The maximum Gasteiger partial charge on any atom is 0.416 e. The normalized spacial score (nSPS) is 25.7. The second-order valence-corrected chi connectivity index (χ2v) is 10.5. The number of nitrogens with zero attached hydrogens (tertiary/aromatic N) is 4. The molecule has 2 aromatic rings. The zero-order chi connectivity index (χ0) is 26.1. The van der Waals surface area contributed by atoms with Gasteiger partial charge in [0.1, 0.15) is 12.1 Å². The smallest absolute Gasteiger partial charge is 0.383 e. The van der Waals surface area contributed by atoms with Crippen molar-refractivity contribution in [3.63, 3.8) is 0 Å². The molecule has 2 saturated heterocycles. The number of rotatable bonds is 7. The van der Waals surface area contributed by atoms with Crippen molar-refractivity contribution in [2.75, 3.05) is 38.5 Å². The van der Waals surface area contributed by atoms with Gasteiger partial charge in [-0.05, 0) is 49.9 Å². The van der Waals surface area contributed by atoms with Crippen LogP contribution in [0.25, 0.3) is 0 Å². The average molecular weight is 517 g/mol. The molecule has 0 bridgehead atoms. The number of nitrogen functional groups attached to an aromatic ring is 1. The Hall–Kier alpha value is -2.85. The molecule has 10 heteroatoms. The predicted octanol–water partition coefficient (Wildman–Crippen LogP) is 4.33. The lowest BCUT2D eigenvalue weighted by atomic mass is 9.85. The van der Waals surface area contributed by atoms with Crippen molar-refractivity contribution in [1.82, 2.24) is 30.0 Å². The molecule has 0 radical (unpaired) electrons. The number of piperidine rings is 1. The highest BCUT2D eigenvalue weighted by Gasteiger charge is 2.57. The van der Waals surface area contributed by atoms with Crippen LogP contribution in [0.2, 0.25) is 0 Å². The van der Waals surface area contributed by atoms with E-state index in [0.29, 0.717) is 29.8 Å². The summed E-state index contributed by atoms with van der Waals surface area (Å²) in [6.45, 7) is 6.66. The quantitative estimate of drug-likeness (QED) is 0.476. The number of nitrogens with one attached hydrogen (secondary N) is 2. The van der Waals surface area contributed by atoms with E-state index < -0.39 is 17.5 Å². The summed E-state index contributed by atoms with van der Waals surface area (Å²) in [6.07, 6.45) is 6.60. The second kappa shape index (κ2) is 10.1. The van der Waals surface area contributed by atoms with Crippen molar-refractivity contribution < 1.29 is 13.2 Å². The molecule has 3 aliphatic rings. The number of anilines is 1. The number of halogens is 3. The first kappa shape index (κ1) is 25.8. The number of alkyl halides is 3. The lowest BCUT2D eigenvalue weighted by Crippen LogP contribution is -2.77. The summed E-state index contributed by atoms with van der Waals surface area (Å²) in [7, 11) is 0. The van der Waals surface area contributed by atoms with Crippen LogP contribution in [0.15, 0.2) is 43.0 Å². The number of aromatic nitrogens is 2. The molecule has 37 heavy (non-hydrogen) atoms. The molecule has 5 rings (SSSR count). The lowest BCUT2D eigenvalue weighted by Gasteiger charge is -2.53. The molecule has 7 nitrogen and oxygen atoms in total. The van der Waals surface area contributed by atoms with Crippen LogP contribution < -0.4 is 20.9 Å². The fraction of sp³-hybridized carbons (Fsp3) is 0.556. The predicted molar refractivity (Wildman–Crippen MR) is 139 cm³/mol. The van der Waals surface area contributed by atoms with Gasteiger partial charge < -0.3 is 21.3 Å². The first-order chi connectivity index (χ1) is 17.8. The van der Waals surface area contributed by atoms with Gasteiger partial charge in [-0.3, -0.25) is 0 Å². The number of hydrogen-bond donors (Lipinski definition) is 3. The van der Waals surface area contributed by atoms with Crippen molar-refractivity contribution in [2.24, 2.45) is 0 Å². The molecule has 0 unspecified atom stereocenters. The summed E-state index contributed by atoms with van der Waals surface area (Å²) in [5.74, 6) is 0.919. The third kappa shape index (κ3) is 4.77. The summed E-state index contributed by atoms with van der Waals surface area (Å²) in [6, 6.07) is 5.82. The Morgan fingerprint density at radius 2 is 1.81 bits per heavy atom. The van der Waals surface area contributed by atoms with Gasteiger partial charge >= 0.3 is 6.18 Å². The Morgan fingerprint density at radius 3 is 2.46 bits per heavy atom. The summed E-state index contributed by atoms with van der Waals surface area (Å²) < 4.78 is 40.8. The molecule has 3 aliphatic heterocycles. The Morgan fingerprint density at radius 1 is 1.11 bits per heavy atom. The van der Waals surface area contributed by atoms with Crippen LogP contribution in [-0.2, 0) is 12.6 Å². The van der Waals surface area contributed by atoms with E-state index >= 15 is 0 Å². The molecule has 0 saturated carbocycles. The van der Waals surface area contributed by atoms with Crippen LogP contribution in [0.4, 0.5) is 24.8 Å². The monoisotopic (exact) mass is 516 g/mol. The number of nitrogens with two attached hydrogens (primary N) is 1. The summed E-state index contributed by atoms with van der Waals surface area (Å²) in [4.78, 5) is 11.6. The van der Waals surface area contributed by atoms with E-state index in [-0.39, 0.29) is 5.92 Å². The van der Waals surface area contributed by atoms with Crippen LogP contribution in [0.5, 0.6) is 0 Å². The van der Waals surface area contributed by atoms with Gasteiger partial charge in [0.2, 0.25) is 5.82 Å². The Kier molecular flexibility index (Phi) is 7.06. The van der Waals surface area contributed by atoms with Gasteiger partial charge in [0, 0.05) is 31.8 Å². The Labute approximate surface area is 216 Å². The number of hydrogen-bond acceptors (Lipinski definition) is 6. The van der Waals surface area contributed by atoms with Gasteiger partial charge in [0.15, 0.2) is 0 Å². The first-order valence-electron chi connectivity index (χ1n) is 13.3. The minimum absolute atomic E-state index is 0.0443. The number of quaternary nitrogens is 1. The molecule has 2 fully saturated rings. The maximum absolute atomic E-state index is 13.4. The molecular formula is C27H37F3N7+. The SMILES string of the molecule is CCc1c(N)ncnc1[N+]1(C2(CCN3CCCC3)NC=CN2)CCC(c2cccc(C(F)(F)F)c2)CC1. The minimum atomic E-state index is -4.35. The lowest BCUT2D eigenvalue weighted by molar-refractivity contribution is -0.137. The molecular weight excluding hydrogens is 479 g/mol. The van der Waals surface area contributed by atoms with E-state index in [0.717, 1.165) is 61.9 Å². The fourth-order valence-corrected chi connectivity index (χ4v) is 6.54. The highest BCUT2D eigenvalue weighted by molar-refractivity contribution is 5.56. The molecule has 1 aromatic heterocycles. The van der Waals surface area contributed by atoms with Gasteiger partial charge in [-0.2, -0.15) is 18.2 Å². The van der Waals surface area contributed by atoms with Crippen molar-refractivity contribution in [3.05, 3.63) is 59.7 Å². The number of benzene rings is 1. The van der Waals surface area contributed by atoms with Gasteiger partial charge in [0.25, 0.3) is 5.79 Å². The molecule has 4 N–H and O–H groups in total. The molecule has 4 heterocycles. The van der Waals surface area contributed by atoms with Crippen molar-refractivity contribution in [2.45, 2.75) is 63.3 Å². The van der Waals surface area contributed by atoms with Crippen LogP contribution in [-0.4, -0.2) is 53.4 Å². The zero-order valence-corrected chi connectivity index (χ0v) is 21.4. The molecule has 0 atom stereocenters. The topological polar surface area (TPSA) is 79.1 Å². The third-order valence-corrected chi connectivity index (χ3v) is 8.57. The highest BCUT2D eigenvalue weighted by atomic mass is 19.4. The van der Waals surface area contributed by atoms with Crippen molar-refractivity contribution in [1.29, 1.82) is 0 Å². The van der Waals surface area contributed by atoms with Crippen LogP contribution in [0.3, 0.4) is 0 Å². The van der Waals surface area contributed by atoms with E-state index in [1.54, 1.807) is 6.33 Å². The van der Waals surface area contributed by atoms with Gasteiger partial charge in [0.05, 0.1) is 30.6 Å². The van der Waals surface area contributed by atoms with Crippen molar-refractivity contribution in [3.8, 4) is 0 Å². The van der Waals surface area contributed by atoms with Crippen LogP contribution >= 0.6 is 0 Å². The van der Waals surface area contributed by atoms with Gasteiger partial charge in [-0.1, -0.05) is 25.1 Å². The first-order valence-corrected chi connectivity index (χ1v) is 13.3. The highest BCUT2D eigenvalue weighted by Crippen LogP contribution is 2.44. The Bertz CT molecular complexity index is 1110. The van der Waals surface area contributed by atoms with E-state index in [4.69, 9.17) is 10.7 Å². The standard InChI is InChI=1S/C27H37F3N7/c1-2-23-24(31)32-19-33-25(23)37(26(34-11-12-35-26)10-15-36-13-3-4-14-36)16-8-20(9-17-37)21-6-5-7-22(18-21)27(28,29)30/h5-7,11-12,18-20,34-35H,2-4,8-10,13-17H2,1H3,(H2,31,32,33)/q+1. The molecule has 200 valence electrons. The second-order valence-electron chi connectivity index (χ2n) is 10.5. The van der Waals surface area contributed by atoms with E-state index in [2.05, 4.69) is 27.4 Å². The minimum Gasteiger partial charge on any atom is -0.383 e. The average Bonchev–Trinajstić information content (AvgIpc) is 3.60. The van der Waals surface area contributed by atoms with Crippen LogP contribution in [0.1, 0.15) is 61.6 Å². The van der Waals surface area contributed by atoms with Gasteiger partial charge in [-0.25, -0.2) is 9.47 Å². The zero-order valence-electron chi connectivity index (χ0n) is 21.4. The third-order valence-electron chi connectivity index (χ3n) is 8.57. The van der Waals surface area contributed by atoms with Crippen LogP contribution in [0, 0.1) is 0 Å². The summed E-state index contributed by atoms with van der Waals surface area (Å²) in [5, 5.41) is 7.32. The molecule has 1 aromatic carbocycles. The maximum atomic E-state index is 13.4. The fourth-order valence-electron chi connectivity index (χ4n) is 6.54. The molecule has 0 spiro atoms.